The Bertz CT molecular complexity index is 555. The topological polar surface area (TPSA) is 65.2 Å². The van der Waals surface area contributed by atoms with Crippen LogP contribution in [0.2, 0.25) is 0 Å². The van der Waals surface area contributed by atoms with Crippen LogP contribution in [0.15, 0.2) is 52.5 Å². The largest absolute Gasteiger partial charge is 0.465 e. The molecule has 2 N–H and O–H groups in total. The molecule has 0 bridgehead atoms. The molecule has 0 aliphatic heterocycles. The van der Waals surface area contributed by atoms with Gasteiger partial charge in [0.2, 0.25) is 0 Å². The molecule has 18 heavy (non-hydrogen) atoms. The lowest BCUT2D eigenvalue weighted by Crippen LogP contribution is -2.03. The molecule has 92 valence electrons. The zero-order chi connectivity index (χ0) is 13.0. The summed E-state index contributed by atoms with van der Waals surface area (Å²) in [7, 11) is 1.35. The summed E-state index contributed by atoms with van der Waals surface area (Å²) in [6.07, 6.45) is 1.64. The number of anilines is 1. The fourth-order valence-electron chi connectivity index (χ4n) is 1.38. The maximum atomic E-state index is 11.6. The van der Waals surface area contributed by atoms with Crippen LogP contribution < -0.4 is 5.73 Å². The standard InChI is InChI=1S/C13H12N2O2S/c1-17-13(16)11-3-2-8-15-12(11)18-10-6-4-9(14)5-7-10/h2-8H,14H2,1H3. The molecule has 0 saturated heterocycles. The van der Waals surface area contributed by atoms with Crippen LogP contribution in [0.25, 0.3) is 0 Å². The Morgan fingerprint density at radius 1 is 1.28 bits per heavy atom. The third-order valence-electron chi connectivity index (χ3n) is 2.27. The minimum Gasteiger partial charge on any atom is -0.465 e. The van der Waals surface area contributed by atoms with Crippen molar-refractivity contribution in [1.29, 1.82) is 0 Å². The molecule has 0 spiro atoms. The minimum absolute atomic E-state index is 0.388. The van der Waals surface area contributed by atoms with Crippen molar-refractivity contribution in [3.8, 4) is 0 Å². The summed E-state index contributed by atoms with van der Waals surface area (Å²) >= 11 is 1.40. The molecule has 0 radical (unpaired) electrons. The molecule has 0 atom stereocenters. The smallest absolute Gasteiger partial charge is 0.340 e. The van der Waals surface area contributed by atoms with Crippen molar-refractivity contribution in [2.45, 2.75) is 9.92 Å². The first-order valence-electron chi connectivity index (χ1n) is 5.27. The number of pyridine rings is 1. The lowest BCUT2D eigenvalue weighted by molar-refractivity contribution is 0.0596. The third-order valence-corrected chi connectivity index (χ3v) is 3.30. The summed E-state index contributed by atoms with van der Waals surface area (Å²) in [4.78, 5) is 16.7. The summed E-state index contributed by atoms with van der Waals surface area (Å²) in [5.74, 6) is -0.388. The summed E-state index contributed by atoms with van der Waals surface area (Å²) in [6, 6.07) is 10.8. The van der Waals surface area contributed by atoms with Crippen molar-refractivity contribution in [2.75, 3.05) is 12.8 Å². The molecular weight excluding hydrogens is 248 g/mol. The number of nitrogen functional groups attached to an aromatic ring is 1. The summed E-state index contributed by atoms with van der Waals surface area (Å²) in [6.45, 7) is 0. The van der Waals surface area contributed by atoms with E-state index in [4.69, 9.17) is 10.5 Å². The highest BCUT2D eigenvalue weighted by molar-refractivity contribution is 7.99. The average molecular weight is 260 g/mol. The lowest BCUT2D eigenvalue weighted by atomic mass is 10.3. The molecule has 0 amide bonds. The highest BCUT2D eigenvalue weighted by Crippen LogP contribution is 2.29. The van der Waals surface area contributed by atoms with Crippen LogP contribution in [0.1, 0.15) is 10.4 Å². The number of aromatic nitrogens is 1. The molecule has 1 aromatic carbocycles. The molecular formula is C13H12N2O2S. The van der Waals surface area contributed by atoms with E-state index in [2.05, 4.69) is 4.98 Å². The van der Waals surface area contributed by atoms with Gasteiger partial charge >= 0.3 is 5.97 Å². The number of benzene rings is 1. The number of esters is 1. The van der Waals surface area contributed by atoms with Gasteiger partial charge in [-0.15, -0.1) is 0 Å². The predicted molar refractivity (Wildman–Crippen MR) is 70.6 cm³/mol. The zero-order valence-corrected chi connectivity index (χ0v) is 10.6. The lowest BCUT2D eigenvalue weighted by Gasteiger charge is -2.06. The fourth-order valence-corrected chi connectivity index (χ4v) is 2.26. The van der Waals surface area contributed by atoms with Crippen molar-refractivity contribution >= 4 is 23.4 Å². The molecule has 5 heteroatoms. The van der Waals surface area contributed by atoms with Crippen LogP contribution in [-0.2, 0) is 4.74 Å². The fraction of sp³-hybridized carbons (Fsp3) is 0.0769. The average Bonchev–Trinajstić information content (AvgIpc) is 2.41. The maximum Gasteiger partial charge on any atom is 0.340 e. The molecule has 4 nitrogen and oxygen atoms in total. The Balaban J connectivity index is 2.28. The number of carbonyl (C=O) groups excluding carboxylic acids is 1. The Morgan fingerprint density at radius 3 is 2.67 bits per heavy atom. The van der Waals surface area contributed by atoms with Crippen LogP contribution in [0.5, 0.6) is 0 Å². The number of methoxy groups -OCH3 is 1. The molecule has 0 aliphatic rings. The SMILES string of the molecule is COC(=O)c1cccnc1Sc1ccc(N)cc1. The number of carbonyl (C=O) groups is 1. The van der Waals surface area contributed by atoms with Gasteiger partial charge in [-0.3, -0.25) is 0 Å². The quantitative estimate of drug-likeness (QED) is 0.678. The van der Waals surface area contributed by atoms with E-state index in [0.29, 0.717) is 16.3 Å². The molecule has 2 aromatic rings. The molecule has 0 unspecified atom stereocenters. The molecule has 0 aliphatic carbocycles. The van der Waals surface area contributed by atoms with Crippen LogP contribution in [0.4, 0.5) is 5.69 Å². The third kappa shape index (κ3) is 2.81. The van der Waals surface area contributed by atoms with Gasteiger partial charge in [-0.25, -0.2) is 9.78 Å². The van der Waals surface area contributed by atoms with Gasteiger partial charge in [0.15, 0.2) is 0 Å². The first-order chi connectivity index (χ1) is 8.70. The number of nitrogens with two attached hydrogens (primary N) is 1. The van der Waals surface area contributed by atoms with Gasteiger partial charge in [-0.2, -0.15) is 0 Å². The zero-order valence-electron chi connectivity index (χ0n) is 9.79. The summed E-state index contributed by atoms with van der Waals surface area (Å²) in [5, 5.41) is 0.620. The Labute approximate surface area is 109 Å². The van der Waals surface area contributed by atoms with Crippen molar-refractivity contribution in [1.82, 2.24) is 4.98 Å². The first kappa shape index (κ1) is 12.4. The number of nitrogens with zero attached hydrogens (tertiary/aromatic N) is 1. The molecule has 1 heterocycles. The Kier molecular flexibility index (Phi) is 3.84. The van der Waals surface area contributed by atoms with Crippen molar-refractivity contribution in [3.63, 3.8) is 0 Å². The number of hydrogen-bond donors (Lipinski definition) is 1. The van der Waals surface area contributed by atoms with E-state index in [-0.39, 0.29) is 5.97 Å². The maximum absolute atomic E-state index is 11.6. The summed E-state index contributed by atoms with van der Waals surface area (Å²) in [5.41, 5.74) is 6.78. The van der Waals surface area contributed by atoms with E-state index in [1.165, 1.54) is 18.9 Å². The van der Waals surface area contributed by atoms with E-state index < -0.39 is 0 Å². The van der Waals surface area contributed by atoms with Gasteiger partial charge in [-0.05, 0) is 36.4 Å². The second kappa shape index (κ2) is 5.55. The number of hydrogen-bond acceptors (Lipinski definition) is 5. The van der Waals surface area contributed by atoms with Crippen LogP contribution in [0.3, 0.4) is 0 Å². The first-order valence-corrected chi connectivity index (χ1v) is 6.09. The van der Waals surface area contributed by atoms with E-state index in [1.807, 2.05) is 24.3 Å². The summed E-state index contributed by atoms with van der Waals surface area (Å²) < 4.78 is 4.72. The van der Waals surface area contributed by atoms with E-state index in [9.17, 15) is 4.79 Å². The highest BCUT2D eigenvalue weighted by Gasteiger charge is 2.13. The van der Waals surface area contributed by atoms with Crippen LogP contribution in [-0.4, -0.2) is 18.1 Å². The molecule has 0 saturated carbocycles. The monoisotopic (exact) mass is 260 g/mol. The van der Waals surface area contributed by atoms with Crippen LogP contribution >= 0.6 is 11.8 Å². The number of ether oxygens (including phenoxy) is 1. The molecule has 2 rings (SSSR count). The van der Waals surface area contributed by atoms with Crippen molar-refractivity contribution in [2.24, 2.45) is 0 Å². The van der Waals surface area contributed by atoms with Crippen LogP contribution in [0, 0.1) is 0 Å². The van der Waals surface area contributed by atoms with Gasteiger partial charge in [0, 0.05) is 16.8 Å². The van der Waals surface area contributed by atoms with Crippen molar-refractivity contribution < 1.29 is 9.53 Å². The Morgan fingerprint density at radius 2 is 2.00 bits per heavy atom. The van der Waals surface area contributed by atoms with Crippen molar-refractivity contribution in [3.05, 3.63) is 48.2 Å². The van der Waals surface area contributed by atoms with Gasteiger partial charge in [-0.1, -0.05) is 11.8 Å². The number of rotatable bonds is 3. The van der Waals surface area contributed by atoms with Gasteiger partial charge in [0.25, 0.3) is 0 Å². The Hall–Kier alpha value is -2.01. The normalized spacial score (nSPS) is 10.1. The second-order valence-corrected chi connectivity index (χ2v) is 4.58. The highest BCUT2D eigenvalue weighted by atomic mass is 32.2. The van der Waals surface area contributed by atoms with E-state index in [1.54, 1.807) is 18.3 Å². The minimum atomic E-state index is -0.388. The van der Waals surface area contributed by atoms with E-state index >= 15 is 0 Å². The van der Waals surface area contributed by atoms with Gasteiger partial charge in [0.05, 0.1) is 12.7 Å². The molecule has 0 fully saturated rings. The second-order valence-electron chi connectivity index (χ2n) is 3.52. The molecule has 1 aromatic heterocycles. The van der Waals surface area contributed by atoms with Gasteiger partial charge in [0.1, 0.15) is 5.03 Å². The van der Waals surface area contributed by atoms with E-state index in [0.717, 1.165) is 4.90 Å². The predicted octanol–water partition coefficient (Wildman–Crippen LogP) is 2.60. The van der Waals surface area contributed by atoms with Gasteiger partial charge < -0.3 is 10.5 Å².